The maximum absolute atomic E-state index is 11.2. The zero-order valence-corrected chi connectivity index (χ0v) is 9.99. The van der Waals surface area contributed by atoms with Crippen LogP contribution in [0.15, 0.2) is 0 Å². The summed E-state index contributed by atoms with van der Waals surface area (Å²) in [5.74, 6) is 0.0604. The molecule has 2 N–H and O–H groups in total. The largest absolute Gasteiger partial charge is 0.463 e. The molecule has 4 heteroatoms. The molecule has 1 atom stereocenters. The van der Waals surface area contributed by atoms with Gasteiger partial charge in [0.25, 0.3) is 0 Å². The monoisotopic (exact) mass is 217 g/mol. The van der Waals surface area contributed by atoms with E-state index < -0.39 is 0 Å². The first kappa shape index (κ1) is 14.4. The van der Waals surface area contributed by atoms with Crippen molar-refractivity contribution in [3.05, 3.63) is 0 Å². The van der Waals surface area contributed by atoms with Crippen LogP contribution in [0.3, 0.4) is 0 Å². The molecule has 0 fully saturated rings. The summed E-state index contributed by atoms with van der Waals surface area (Å²) in [4.78, 5) is 11.2. The van der Waals surface area contributed by atoms with Crippen LogP contribution >= 0.6 is 0 Å². The van der Waals surface area contributed by atoms with E-state index in [1.165, 1.54) is 0 Å². The summed E-state index contributed by atoms with van der Waals surface area (Å²) in [6.07, 6.45) is 1.26. The van der Waals surface area contributed by atoms with Crippen molar-refractivity contribution in [1.29, 1.82) is 0 Å². The summed E-state index contributed by atoms with van der Waals surface area (Å²) in [6.45, 7) is 7.52. The minimum absolute atomic E-state index is 0.117. The summed E-state index contributed by atoms with van der Waals surface area (Å²) in [5, 5.41) is 0. The van der Waals surface area contributed by atoms with Gasteiger partial charge >= 0.3 is 5.97 Å². The highest BCUT2D eigenvalue weighted by atomic mass is 16.6. The van der Waals surface area contributed by atoms with Gasteiger partial charge in [-0.25, -0.2) is 0 Å². The molecule has 0 rings (SSSR count). The second-order valence-electron chi connectivity index (χ2n) is 3.94. The lowest BCUT2D eigenvalue weighted by molar-refractivity contribution is -0.145. The van der Waals surface area contributed by atoms with Gasteiger partial charge in [-0.05, 0) is 12.3 Å². The Morgan fingerprint density at radius 1 is 1.27 bits per heavy atom. The van der Waals surface area contributed by atoms with Gasteiger partial charge in [-0.1, -0.05) is 20.8 Å². The fourth-order valence-corrected chi connectivity index (χ4v) is 0.948. The highest BCUT2D eigenvalue weighted by molar-refractivity contribution is 5.70. The molecule has 0 aromatic heterocycles. The van der Waals surface area contributed by atoms with Crippen LogP contribution in [0.2, 0.25) is 0 Å². The van der Waals surface area contributed by atoms with Crippen LogP contribution in [-0.2, 0) is 14.3 Å². The highest BCUT2D eigenvalue weighted by Crippen LogP contribution is 2.03. The van der Waals surface area contributed by atoms with E-state index in [0.29, 0.717) is 25.7 Å². The molecule has 0 aliphatic rings. The van der Waals surface area contributed by atoms with E-state index in [-0.39, 0.29) is 18.4 Å². The number of hydrogen-bond acceptors (Lipinski definition) is 4. The molecule has 0 heterocycles. The second-order valence-corrected chi connectivity index (χ2v) is 3.94. The molecule has 0 saturated carbocycles. The third kappa shape index (κ3) is 8.39. The fraction of sp³-hybridized carbons (Fsp3) is 0.909. The molecule has 0 aliphatic carbocycles. The van der Waals surface area contributed by atoms with Crippen molar-refractivity contribution in [1.82, 2.24) is 0 Å². The summed E-state index contributed by atoms with van der Waals surface area (Å²) in [7, 11) is 0. The van der Waals surface area contributed by atoms with Crippen molar-refractivity contribution >= 4 is 5.97 Å². The van der Waals surface area contributed by atoms with E-state index in [9.17, 15) is 4.79 Å². The second kappa shape index (κ2) is 8.68. The van der Waals surface area contributed by atoms with E-state index in [2.05, 4.69) is 0 Å². The average molecular weight is 217 g/mol. The van der Waals surface area contributed by atoms with Crippen molar-refractivity contribution in [2.75, 3.05) is 19.8 Å². The number of esters is 1. The first-order chi connectivity index (χ1) is 7.07. The molecule has 0 aromatic rings. The SMILES string of the molecule is CCCOCCOC(=O)CC(N)C(C)C. The Labute approximate surface area is 92.1 Å². The quantitative estimate of drug-likeness (QED) is 0.492. The zero-order chi connectivity index (χ0) is 11.7. The van der Waals surface area contributed by atoms with Crippen LogP contribution in [0, 0.1) is 5.92 Å². The summed E-state index contributed by atoms with van der Waals surface area (Å²) in [5.41, 5.74) is 5.74. The lowest BCUT2D eigenvalue weighted by Gasteiger charge is -2.14. The smallest absolute Gasteiger partial charge is 0.307 e. The van der Waals surface area contributed by atoms with Crippen LogP contribution in [0.25, 0.3) is 0 Å². The number of carbonyl (C=O) groups is 1. The molecule has 15 heavy (non-hydrogen) atoms. The molecular formula is C11H23NO3. The van der Waals surface area contributed by atoms with Crippen molar-refractivity contribution in [3.63, 3.8) is 0 Å². The van der Waals surface area contributed by atoms with Crippen molar-refractivity contribution < 1.29 is 14.3 Å². The van der Waals surface area contributed by atoms with Gasteiger partial charge in [-0.2, -0.15) is 0 Å². The predicted molar refractivity (Wildman–Crippen MR) is 59.5 cm³/mol. The molecule has 90 valence electrons. The summed E-state index contributed by atoms with van der Waals surface area (Å²) >= 11 is 0. The van der Waals surface area contributed by atoms with E-state index >= 15 is 0 Å². The molecule has 0 radical (unpaired) electrons. The maximum atomic E-state index is 11.2. The number of hydrogen-bond donors (Lipinski definition) is 1. The van der Waals surface area contributed by atoms with E-state index in [4.69, 9.17) is 15.2 Å². The Morgan fingerprint density at radius 2 is 1.93 bits per heavy atom. The van der Waals surface area contributed by atoms with Crippen molar-refractivity contribution in [3.8, 4) is 0 Å². The molecule has 0 saturated heterocycles. The Morgan fingerprint density at radius 3 is 2.47 bits per heavy atom. The van der Waals surface area contributed by atoms with Crippen LogP contribution in [0.5, 0.6) is 0 Å². The van der Waals surface area contributed by atoms with E-state index in [1.807, 2.05) is 20.8 Å². The average Bonchev–Trinajstić information content (AvgIpc) is 2.17. The van der Waals surface area contributed by atoms with Gasteiger partial charge in [0, 0.05) is 12.6 Å². The normalized spacial score (nSPS) is 12.9. The summed E-state index contributed by atoms with van der Waals surface area (Å²) < 4.78 is 10.1. The predicted octanol–water partition coefficient (Wildman–Crippen LogP) is 1.33. The summed E-state index contributed by atoms with van der Waals surface area (Å²) in [6, 6.07) is -0.117. The first-order valence-electron chi connectivity index (χ1n) is 5.56. The Balaban J connectivity index is 3.41. The van der Waals surface area contributed by atoms with Crippen LogP contribution < -0.4 is 5.73 Å². The molecular weight excluding hydrogens is 194 g/mol. The van der Waals surface area contributed by atoms with Crippen LogP contribution in [0.4, 0.5) is 0 Å². The van der Waals surface area contributed by atoms with E-state index in [0.717, 1.165) is 6.42 Å². The first-order valence-corrected chi connectivity index (χ1v) is 5.56. The molecule has 0 aromatic carbocycles. The third-order valence-corrected chi connectivity index (χ3v) is 2.10. The van der Waals surface area contributed by atoms with Crippen LogP contribution in [0.1, 0.15) is 33.6 Å². The van der Waals surface area contributed by atoms with Gasteiger partial charge in [-0.15, -0.1) is 0 Å². The lowest BCUT2D eigenvalue weighted by atomic mass is 10.0. The lowest BCUT2D eigenvalue weighted by Crippen LogP contribution is -2.30. The van der Waals surface area contributed by atoms with Crippen LogP contribution in [-0.4, -0.2) is 31.8 Å². The topological polar surface area (TPSA) is 61.5 Å². The standard InChI is InChI=1S/C11H23NO3/c1-4-5-14-6-7-15-11(13)8-10(12)9(2)3/h9-10H,4-8,12H2,1-3H3. The van der Waals surface area contributed by atoms with Gasteiger partial charge in [0.15, 0.2) is 0 Å². The van der Waals surface area contributed by atoms with Gasteiger partial charge in [0.1, 0.15) is 6.61 Å². The van der Waals surface area contributed by atoms with Gasteiger partial charge in [0.2, 0.25) is 0 Å². The van der Waals surface area contributed by atoms with Gasteiger partial charge < -0.3 is 15.2 Å². The van der Waals surface area contributed by atoms with Gasteiger partial charge in [0.05, 0.1) is 13.0 Å². The zero-order valence-electron chi connectivity index (χ0n) is 9.99. The van der Waals surface area contributed by atoms with Crippen molar-refractivity contribution in [2.45, 2.75) is 39.7 Å². The maximum Gasteiger partial charge on any atom is 0.307 e. The molecule has 1 unspecified atom stereocenters. The molecule has 0 aliphatic heterocycles. The molecule has 0 amide bonds. The molecule has 4 nitrogen and oxygen atoms in total. The van der Waals surface area contributed by atoms with Crippen molar-refractivity contribution in [2.24, 2.45) is 11.7 Å². The number of ether oxygens (including phenoxy) is 2. The van der Waals surface area contributed by atoms with Gasteiger partial charge in [-0.3, -0.25) is 4.79 Å². The van der Waals surface area contributed by atoms with E-state index in [1.54, 1.807) is 0 Å². The Hall–Kier alpha value is -0.610. The minimum Gasteiger partial charge on any atom is -0.463 e. The highest BCUT2D eigenvalue weighted by Gasteiger charge is 2.13. The Bertz CT molecular complexity index is 171. The number of carbonyl (C=O) groups excluding carboxylic acids is 1. The Kier molecular flexibility index (Phi) is 8.33. The fourth-order valence-electron chi connectivity index (χ4n) is 0.948. The number of rotatable bonds is 8. The molecule has 0 spiro atoms. The molecule has 0 bridgehead atoms. The number of nitrogens with two attached hydrogens (primary N) is 1. The minimum atomic E-state index is -0.240. The third-order valence-electron chi connectivity index (χ3n) is 2.10.